The number of hydrogen-bond donors (Lipinski definition) is 9. The van der Waals surface area contributed by atoms with Crippen LogP contribution in [-0.4, -0.2) is 84.1 Å². The Balaban J connectivity index is 1.36. The standard InChI is InChI=1S/C32H36N8O6/c1-17(41)28(40-29(42)23(33)12-20-15-34-16-37-20)31(44)38-26(10-18-13-35-24-8-4-2-6-21(18)24)30(43)39-27(32(45)46)11-19-14-36-25-9-5-3-7-22(19)25/h2-9,13-17,23,26-28,35-36,41H,10-12,33H2,1H3,(H,34,37)(H,38,44)(H,39,43)(H,40,42)(H,45,46). The van der Waals surface area contributed by atoms with Crippen LogP contribution in [0, 0.1) is 0 Å². The summed E-state index contributed by atoms with van der Waals surface area (Å²) in [5, 5.41) is 29.8. The first-order valence-corrected chi connectivity index (χ1v) is 14.8. The first kappa shape index (κ1) is 31.9. The van der Waals surface area contributed by atoms with Crippen molar-refractivity contribution in [2.45, 2.75) is 56.5 Å². The van der Waals surface area contributed by atoms with E-state index in [1.807, 2.05) is 48.5 Å². The maximum absolute atomic E-state index is 13.8. The molecule has 5 unspecified atom stereocenters. The minimum absolute atomic E-state index is 0.0131. The van der Waals surface area contributed by atoms with Crippen LogP contribution in [0.15, 0.2) is 73.4 Å². The number of carbonyl (C=O) groups is 4. The normalized spacial score (nSPS) is 14.7. The van der Waals surface area contributed by atoms with Gasteiger partial charge in [-0.05, 0) is 30.2 Å². The van der Waals surface area contributed by atoms with E-state index in [0.29, 0.717) is 16.8 Å². The van der Waals surface area contributed by atoms with Crippen LogP contribution < -0.4 is 21.7 Å². The zero-order valence-corrected chi connectivity index (χ0v) is 25.0. The molecule has 0 bridgehead atoms. The summed E-state index contributed by atoms with van der Waals surface area (Å²) in [4.78, 5) is 65.4. The summed E-state index contributed by atoms with van der Waals surface area (Å²) in [7, 11) is 0. The highest BCUT2D eigenvalue weighted by Crippen LogP contribution is 2.21. The molecule has 0 radical (unpaired) electrons. The molecule has 14 heteroatoms. The van der Waals surface area contributed by atoms with Crippen molar-refractivity contribution < 1.29 is 29.4 Å². The van der Waals surface area contributed by atoms with Gasteiger partial charge in [0.05, 0.1) is 18.5 Å². The van der Waals surface area contributed by atoms with Gasteiger partial charge in [-0.25, -0.2) is 9.78 Å². The van der Waals surface area contributed by atoms with E-state index in [1.54, 1.807) is 12.4 Å². The Labute approximate surface area is 263 Å². The molecule has 0 spiro atoms. The second-order valence-electron chi connectivity index (χ2n) is 11.2. The fourth-order valence-electron chi connectivity index (χ4n) is 5.38. The van der Waals surface area contributed by atoms with Gasteiger partial charge in [0.2, 0.25) is 17.7 Å². The molecule has 240 valence electrons. The van der Waals surface area contributed by atoms with Crippen molar-refractivity contribution in [2.75, 3.05) is 0 Å². The number of nitrogens with one attached hydrogen (secondary N) is 6. The number of aliphatic hydroxyl groups is 1. The molecule has 46 heavy (non-hydrogen) atoms. The Morgan fingerprint density at radius 2 is 1.35 bits per heavy atom. The van der Waals surface area contributed by atoms with Crippen molar-refractivity contribution in [1.29, 1.82) is 0 Å². The van der Waals surface area contributed by atoms with E-state index in [9.17, 15) is 29.4 Å². The van der Waals surface area contributed by atoms with Crippen molar-refractivity contribution in [2.24, 2.45) is 5.73 Å². The number of carbonyl (C=O) groups excluding carboxylic acids is 3. The second-order valence-corrected chi connectivity index (χ2v) is 11.2. The van der Waals surface area contributed by atoms with E-state index >= 15 is 0 Å². The lowest BCUT2D eigenvalue weighted by Gasteiger charge is -2.26. The third kappa shape index (κ3) is 7.42. The number of amides is 3. The zero-order valence-electron chi connectivity index (χ0n) is 25.0. The molecule has 0 fully saturated rings. The maximum Gasteiger partial charge on any atom is 0.326 e. The average Bonchev–Trinajstić information content (AvgIpc) is 3.79. The van der Waals surface area contributed by atoms with Crippen LogP contribution in [0.1, 0.15) is 23.7 Å². The topological polar surface area (TPSA) is 231 Å². The number of aliphatic carboxylic acids is 1. The van der Waals surface area contributed by atoms with E-state index < -0.39 is 54.0 Å². The number of para-hydroxylation sites is 2. The van der Waals surface area contributed by atoms with Crippen LogP contribution in [0.25, 0.3) is 21.8 Å². The molecule has 14 nitrogen and oxygen atoms in total. The van der Waals surface area contributed by atoms with Gasteiger partial charge in [-0.1, -0.05) is 36.4 Å². The van der Waals surface area contributed by atoms with Crippen LogP contribution in [0.2, 0.25) is 0 Å². The van der Waals surface area contributed by atoms with Crippen molar-refractivity contribution in [3.63, 3.8) is 0 Å². The molecule has 0 aliphatic carbocycles. The molecular weight excluding hydrogens is 592 g/mol. The SMILES string of the molecule is CC(O)C(NC(=O)C(N)Cc1cnc[nH]1)C(=O)NC(Cc1c[nH]c2ccccc12)C(=O)NC(Cc1c[nH]c2ccccc12)C(=O)O. The Morgan fingerprint density at radius 3 is 1.89 bits per heavy atom. The summed E-state index contributed by atoms with van der Waals surface area (Å²) >= 11 is 0. The van der Waals surface area contributed by atoms with Gasteiger partial charge >= 0.3 is 5.97 Å². The number of H-pyrrole nitrogens is 3. The zero-order chi connectivity index (χ0) is 32.8. The predicted molar refractivity (Wildman–Crippen MR) is 169 cm³/mol. The summed E-state index contributed by atoms with van der Waals surface area (Å²) in [6.45, 7) is 1.32. The van der Waals surface area contributed by atoms with Crippen molar-refractivity contribution >= 4 is 45.5 Å². The number of carboxylic acid groups (broad SMARTS) is 1. The van der Waals surface area contributed by atoms with Crippen LogP contribution in [-0.2, 0) is 38.4 Å². The molecule has 3 aromatic heterocycles. The molecule has 0 saturated heterocycles. The fraction of sp³-hybridized carbons (Fsp3) is 0.281. The number of rotatable bonds is 14. The molecule has 3 amide bonds. The van der Waals surface area contributed by atoms with E-state index in [2.05, 4.69) is 35.9 Å². The summed E-state index contributed by atoms with van der Waals surface area (Å²) in [6, 6.07) is 9.71. The molecule has 0 aliphatic rings. The molecule has 5 atom stereocenters. The average molecular weight is 629 g/mol. The summed E-state index contributed by atoms with van der Waals surface area (Å²) in [5.41, 5.74) is 9.66. The molecule has 0 aliphatic heterocycles. The lowest BCUT2D eigenvalue weighted by Crippen LogP contribution is -2.60. The highest BCUT2D eigenvalue weighted by molar-refractivity contribution is 5.95. The van der Waals surface area contributed by atoms with Gasteiger partial charge in [-0.2, -0.15) is 0 Å². The number of aromatic nitrogens is 4. The highest BCUT2D eigenvalue weighted by atomic mass is 16.4. The van der Waals surface area contributed by atoms with Crippen LogP contribution in [0.5, 0.6) is 0 Å². The molecule has 0 saturated carbocycles. The molecular formula is C32H36N8O6. The molecule has 5 aromatic rings. The molecule has 2 aromatic carbocycles. The number of nitrogens with two attached hydrogens (primary N) is 1. The number of fused-ring (bicyclic) bond motifs is 2. The number of aromatic amines is 3. The Bertz CT molecular complexity index is 1830. The van der Waals surface area contributed by atoms with Gasteiger partial charge in [-0.3, -0.25) is 14.4 Å². The van der Waals surface area contributed by atoms with Gasteiger partial charge in [0.1, 0.15) is 18.1 Å². The smallest absolute Gasteiger partial charge is 0.326 e. The molecule has 10 N–H and O–H groups in total. The van der Waals surface area contributed by atoms with Gasteiger partial charge in [0.15, 0.2) is 0 Å². The van der Waals surface area contributed by atoms with Gasteiger partial charge in [0.25, 0.3) is 0 Å². The largest absolute Gasteiger partial charge is 0.480 e. The lowest BCUT2D eigenvalue weighted by molar-refractivity contribution is -0.142. The van der Waals surface area contributed by atoms with E-state index in [0.717, 1.165) is 21.8 Å². The monoisotopic (exact) mass is 628 g/mol. The van der Waals surface area contributed by atoms with E-state index in [1.165, 1.54) is 19.4 Å². The van der Waals surface area contributed by atoms with Crippen LogP contribution >= 0.6 is 0 Å². The van der Waals surface area contributed by atoms with Gasteiger partial charge in [0, 0.05) is 65.4 Å². The van der Waals surface area contributed by atoms with E-state index in [-0.39, 0.29) is 19.3 Å². The quantitative estimate of drug-likeness (QED) is 0.0845. The first-order chi connectivity index (χ1) is 22.1. The summed E-state index contributed by atoms with van der Waals surface area (Å²) < 4.78 is 0. The number of aliphatic hydroxyl groups excluding tert-OH is 1. The maximum atomic E-state index is 13.8. The first-order valence-electron chi connectivity index (χ1n) is 14.8. The number of carboxylic acids is 1. The van der Waals surface area contributed by atoms with Gasteiger partial charge in [-0.15, -0.1) is 0 Å². The van der Waals surface area contributed by atoms with Crippen molar-refractivity contribution in [3.05, 3.63) is 90.3 Å². The van der Waals surface area contributed by atoms with Crippen LogP contribution in [0.3, 0.4) is 0 Å². The van der Waals surface area contributed by atoms with Crippen molar-refractivity contribution in [3.8, 4) is 0 Å². The summed E-state index contributed by atoms with van der Waals surface area (Å²) in [5.74, 6) is -3.55. The minimum Gasteiger partial charge on any atom is -0.480 e. The highest BCUT2D eigenvalue weighted by Gasteiger charge is 2.33. The second kappa shape index (κ2) is 14.1. The molecule has 5 rings (SSSR count). The Kier molecular flexibility index (Phi) is 9.79. The molecule has 3 heterocycles. The summed E-state index contributed by atoms with van der Waals surface area (Å²) in [6.07, 6.45) is 5.10. The number of nitrogens with zero attached hydrogens (tertiary/aromatic N) is 1. The predicted octanol–water partition coefficient (Wildman–Crippen LogP) is 0.647. The van der Waals surface area contributed by atoms with Crippen molar-refractivity contribution in [1.82, 2.24) is 35.9 Å². The Morgan fingerprint density at radius 1 is 0.783 bits per heavy atom. The number of hydrogen-bond acceptors (Lipinski definition) is 7. The van der Waals surface area contributed by atoms with E-state index in [4.69, 9.17) is 5.73 Å². The van der Waals surface area contributed by atoms with Crippen LogP contribution in [0.4, 0.5) is 0 Å². The fourth-order valence-corrected chi connectivity index (χ4v) is 5.38. The number of benzene rings is 2. The third-order valence-corrected chi connectivity index (χ3v) is 7.84. The minimum atomic E-state index is -1.46. The van der Waals surface area contributed by atoms with Gasteiger partial charge < -0.3 is 46.8 Å². The lowest BCUT2D eigenvalue weighted by atomic mass is 10.0. The number of imidazole rings is 1. The third-order valence-electron chi connectivity index (χ3n) is 7.84. The Hall–Kier alpha value is -5.47.